The van der Waals surface area contributed by atoms with E-state index in [4.69, 9.17) is 5.73 Å². The molecule has 2 aliphatic rings. The molecule has 2 fully saturated rings. The lowest BCUT2D eigenvalue weighted by Gasteiger charge is -2.44. The molecule has 0 spiro atoms. The van der Waals surface area contributed by atoms with Crippen LogP contribution in [0.15, 0.2) is 0 Å². The minimum atomic E-state index is 0.483. The molecule has 1 saturated carbocycles. The van der Waals surface area contributed by atoms with Gasteiger partial charge in [-0.25, -0.2) is 0 Å². The van der Waals surface area contributed by atoms with Crippen LogP contribution in [0.5, 0.6) is 0 Å². The fourth-order valence-electron chi connectivity index (χ4n) is 3.25. The van der Waals surface area contributed by atoms with Gasteiger partial charge in [0.05, 0.1) is 0 Å². The van der Waals surface area contributed by atoms with Gasteiger partial charge < -0.3 is 16.0 Å². The number of hydrogen-bond acceptors (Lipinski definition) is 3. The second-order valence-corrected chi connectivity index (χ2v) is 5.45. The molecule has 88 valence electrons. The monoisotopic (exact) mass is 211 g/mol. The van der Waals surface area contributed by atoms with Gasteiger partial charge in [-0.3, -0.25) is 0 Å². The molecule has 1 unspecified atom stereocenters. The van der Waals surface area contributed by atoms with Crippen molar-refractivity contribution in [2.45, 2.75) is 37.8 Å². The maximum atomic E-state index is 5.88. The second-order valence-electron chi connectivity index (χ2n) is 5.45. The molecule has 1 saturated heterocycles. The van der Waals surface area contributed by atoms with Crippen molar-refractivity contribution in [3.8, 4) is 0 Å². The Balaban J connectivity index is 1.84. The highest BCUT2D eigenvalue weighted by Gasteiger charge is 2.37. The number of likely N-dealkylation sites (tertiary alicyclic amines) is 1. The van der Waals surface area contributed by atoms with Gasteiger partial charge in [0.2, 0.25) is 0 Å². The summed E-state index contributed by atoms with van der Waals surface area (Å²) in [6.07, 6.45) is 5.18. The summed E-state index contributed by atoms with van der Waals surface area (Å²) in [5.41, 5.74) is 5.88. The third-order valence-electron chi connectivity index (χ3n) is 4.32. The zero-order valence-corrected chi connectivity index (χ0v) is 10.1. The van der Waals surface area contributed by atoms with Crippen LogP contribution in [0.4, 0.5) is 0 Å². The third kappa shape index (κ3) is 2.52. The zero-order valence-electron chi connectivity index (χ0n) is 10.1. The normalized spacial score (nSPS) is 36.2. The van der Waals surface area contributed by atoms with Crippen LogP contribution in [-0.2, 0) is 0 Å². The Morgan fingerprint density at radius 2 is 1.80 bits per heavy atom. The first-order chi connectivity index (χ1) is 7.20. The highest BCUT2D eigenvalue weighted by atomic mass is 15.1. The predicted molar refractivity (Wildman–Crippen MR) is 63.8 cm³/mol. The number of nitrogens with zero attached hydrogens (tertiary/aromatic N) is 1. The van der Waals surface area contributed by atoms with Gasteiger partial charge in [0, 0.05) is 12.1 Å². The van der Waals surface area contributed by atoms with E-state index in [9.17, 15) is 0 Å². The summed E-state index contributed by atoms with van der Waals surface area (Å²) in [4.78, 5) is 2.44. The largest absolute Gasteiger partial charge is 0.328 e. The molecule has 0 aromatic heterocycles. The fraction of sp³-hybridized carbons (Fsp3) is 1.00. The number of nitrogens with two attached hydrogens (primary N) is 1. The first kappa shape index (κ1) is 11.4. The van der Waals surface area contributed by atoms with E-state index in [1.165, 1.54) is 38.8 Å². The SMILES string of the molecule is CNC(C1CCN(C)CC1)C1CC(N)C1. The van der Waals surface area contributed by atoms with E-state index < -0.39 is 0 Å². The van der Waals surface area contributed by atoms with Gasteiger partial charge in [-0.05, 0) is 64.7 Å². The van der Waals surface area contributed by atoms with Crippen molar-refractivity contribution in [2.24, 2.45) is 17.6 Å². The van der Waals surface area contributed by atoms with E-state index in [1.807, 2.05) is 0 Å². The summed E-state index contributed by atoms with van der Waals surface area (Å²) in [5, 5.41) is 3.54. The maximum absolute atomic E-state index is 5.88. The van der Waals surface area contributed by atoms with Crippen molar-refractivity contribution in [3.05, 3.63) is 0 Å². The van der Waals surface area contributed by atoms with Crippen molar-refractivity contribution < 1.29 is 0 Å². The molecule has 1 aliphatic carbocycles. The molecule has 1 aliphatic heterocycles. The molecule has 0 bridgehead atoms. The molecular formula is C12H25N3. The van der Waals surface area contributed by atoms with E-state index in [0.29, 0.717) is 6.04 Å². The smallest absolute Gasteiger partial charge is 0.0123 e. The van der Waals surface area contributed by atoms with Gasteiger partial charge >= 0.3 is 0 Å². The first-order valence-electron chi connectivity index (χ1n) is 6.32. The average Bonchev–Trinajstić information content (AvgIpc) is 2.19. The molecule has 3 nitrogen and oxygen atoms in total. The van der Waals surface area contributed by atoms with Gasteiger partial charge in [-0.1, -0.05) is 0 Å². The summed E-state index contributed by atoms with van der Waals surface area (Å²) in [5.74, 6) is 1.72. The van der Waals surface area contributed by atoms with Crippen LogP contribution in [0.25, 0.3) is 0 Å². The minimum absolute atomic E-state index is 0.483. The number of nitrogens with one attached hydrogen (secondary N) is 1. The summed E-state index contributed by atoms with van der Waals surface area (Å²) in [7, 11) is 4.34. The molecule has 2 rings (SSSR count). The predicted octanol–water partition coefficient (Wildman–Crippen LogP) is 0.654. The first-order valence-corrected chi connectivity index (χ1v) is 6.32. The van der Waals surface area contributed by atoms with Crippen LogP contribution in [-0.4, -0.2) is 44.2 Å². The third-order valence-corrected chi connectivity index (χ3v) is 4.32. The van der Waals surface area contributed by atoms with Gasteiger partial charge in [-0.15, -0.1) is 0 Å². The van der Waals surface area contributed by atoms with E-state index in [2.05, 4.69) is 24.3 Å². The Bertz CT molecular complexity index is 193. The van der Waals surface area contributed by atoms with Crippen LogP contribution in [0.3, 0.4) is 0 Å². The summed E-state index contributed by atoms with van der Waals surface area (Å²) in [6, 6.07) is 1.20. The Labute approximate surface area is 93.4 Å². The minimum Gasteiger partial charge on any atom is -0.328 e. The maximum Gasteiger partial charge on any atom is 0.0123 e. The second kappa shape index (κ2) is 4.81. The van der Waals surface area contributed by atoms with Crippen LogP contribution < -0.4 is 11.1 Å². The Kier molecular flexibility index (Phi) is 3.65. The van der Waals surface area contributed by atoms with Crippen LogP contribution in [0, 0.1) is 11.8 Å². The van der Waals surface area contributed by atoms with Gasteiger partial charge in [-0.2, -0.15) is 0 Å². The highest BCUT2D eigenvalue weighted by molar-refractivity contribution is 4.94. The van der Waals surface area contributed by atoms with E-state index in [-0.39, 0.29) is 0 Å². The molecule has 0 amide bonds. The molecule has 1 heterocycles. The van der Waals surface area contributed by atoms with E-state index in [0.717, 1.165) is 17.9 Å². The molecule has 3 N–H and O–H groups in total. The Morgan fingerprint density at radius 3 is 2.27 bits per heavy atom. The van der Waals surface area contributed by atoms with Crippen molar-refractivity contribution in [2.75, 3.05) is 27.2 Å². The molecule has 0 radical (unpaired) electrons. The molecule has 3 heteroatoms. The lowest BCUT2D eigenvalue weighted by Crippen LogP contribution is -2.52. The molecule has 0 aromatic rings. The van der Waals surface area contributed by atoms with Crippen LogP contribution >= 0.6 is 0 Å². The van der Waals surface area contributed by atoms with E-state index >= 15 is 0 Å². The summed E-state index contributed by atoms with van der Waals surface area (Å²) in [6.45, 7) is 2.53. The number of piperidine rings is 1. The van der Waals surface area contributed by atoms with E-state index in [1.54, 1.807) is 0 Å². The lowest BCUT2D eigenvalue weighted by molar-refractivity contribution is 0.112. The molecule has 15 heavy (non-hydrogen) atoms. The Hall–Kier alpha value is -0.120. The number of hydrogen-bond donors (Lipinski definition) is 2. The molecule has 1 atom stereocenters. The van der Waals surface area contributed by atoms with Crippen molar-refractivity contribution in [1.82, 2.24) is 10.2 Å². The number of rotatable bonds is 3. The van der Waals surface area contributed by atoms with Crippen molar-refractivity contribution in [1.29, 1.82) is 0 Å². The van der Waals surface area contributed by atoms with Crippen LogP contribution in [0.2, 0.25) is 0 Å². The quantitative estimate of drug-likeness (QED) is 0.720. The Morgan fingerprint density at radius 1 is 1.20 bits per heavy atom. The molecule has 0 aromatic carbocycles. The molecular weight excluding hydrogens is 186 g/mol. The van der Waals surface area contributed by atoms with Gasteiger partial charge in [0.15, 0.2) is 0 Å². The average molecular weight is 211 g/mol. The standard InChI is InChI=1S/C12H25N3/c1-14-12(10-7-11(13)8-10)9-3-5-15(2)6-4-9/h9-12,14H,3-8,13H2,1-2H3. The summed E-state index contributed by atoms with van der Waals surface area (Å²) < 4.78 is 0. The topological polar surface area (TPSA) is 41.3 Å². The van der Waals surface area contributed by atoms with Gasteiger partial charge in [0.25, 0.3) is 0 Å². The van der Waals surface area contributed by atoms with Crippen molar-refractivity contribution >= 4 is 0 Å². The summed E-state index contributed by atoms with van der Waals surface area (Å²) >= 11 is 0. The fourth-order valence-corrected chi connectivity index (χ4v) is 3.25. The lowest BCUT2D eigenvalue weighted by atomic mass is 9.70. The van der Waals surface area contributed by atoms with Crippen LogP contribution in [0.1, 0.15) is 25.7 Å². The van der Waals surface area contributed by atoms with Crippen molar-refractivity contribution in [3.63, 3.8) is 0 Å². The highest BCUT2D eigenvalue weighted by Crippen LogP contribution is 2.35. The van der Waals surface area contributed by atoms with Gasteiger partial charge in [0.1, 0.15) is 0 Å². The zero-order chi connectivity index (χ0) is 10.8.